The summed E-state index contributed by atoms with van der Waals surface area (Å²) in [5, 5.41) is 2.78. The first-order valence-corrected chi connectivity index (χ1v) is 5.36. The van der Waals surface area contributed by atoms with Crippen LogP contribution in [0.25, 0.3) is 0 Å². The molecule has 1 saturated heterocycles. The molecule has 86 valence electrons. The van der Waals surface area contributed by atoms with Crippen LogP contribution in [-0.2, 0) is 9.53 Å². The number of nitrogens with two attached hydrogens (primary N) is 1. The molecular formula is C11H15N3O2. The Morgan fingerprint density at radius 3 is 2.88 bits per heavy atom. The number of hydrogen-bond donors (Lipinski definition) is 2. The fraction of sp³-hybridized carbons (Fsp3) is 0.455. The molecule has 2 rings (SSSR count). The van der Waals surface area contributed by atoms with E-state index < -0.39 is 0 Å². The van der Waals surface area contributed by atoms with E-state index in [4.69, 9.17) is 10.5 Å². The van der Waals surface area contributed by atoms with E-state index in [0.29, 0.717) is 6.54 Å². The van der Waals surface area contributed by atoms with Crippen LogP contribution in [0.3, 0.4) is 0 Å². The van der Waals surface area contributed by atoms with Gasteiger partial charge in [-0.15, -0.1) is 0 Å². The van der Waals surface area contributed by atoms with Gasteiger partial charge in [0.05, 0.1) is 6.10 Å². The highest BCUT2D eigenvalue weighted by Crippen LogP contribution is 2.20. The summed E-state index contributed by atoms with van der Waals surface area (Å²) in [6.07, 6.45) is 4.50. The molecule has 2 heterocycles. The Morgan fingerprint density at radius 1 is 1.50 bits per heavy atom. The number of hydrogen-bond acceptors (Lipinski definition) is 4. The maximum Gasteiger partial charge on any atom is 0.253 e. The van der Waals surface area contributed by atoms with Crippen molar-refractivity contribution in [2.24, 2.45) is 5.73 Å². The first-order valence-electron chi connectivity index (χ1n) is 5.36. The molecule has 1 aliphatic heterocycles. The maximum absolute atomic E-state index is 11.8. The van der Waals surface area contributed by atoms with Crippen LogP contribution in [0.15, 0.2) is 24.5 Å². The second-order valence-corrected chi connectivity index (χ2v) is 3.78. The van der Waals surface area contributed by atoms with E-state index in [1.807, 2.05) is 0 Å². The fourth-order valence-electron chi connectivity index (χ4n) is 1.73. The molecule has 1 fully saturated rings. The molecule has 0 unspecified atom stereocenters. The van der Waals surface area contributed by atoms with Gasteiger partial charge in [0.15, 0.2) is 0 Å². The number of rotatable bonds is 3. The molecule has 5 nitrogen and oxygen atoms in total. The summed E-state index contributed by atoms with van der Waals surface area (Å²) in [6, 6.07) is 3.49. The summed E-state index contributed by atoms with van der Waals surface area (Å²) >= 11 is 0. The second-order valence-electron chi connectivity index (χ2n) is 3.78. The highest BCUT2D eigenvalue weighted by molar-refractivity contribution is 5.94. The van der Waals surface area contributed by atoms with Crippen molar-refractivity contribution >= 4 is 11.6 Å². The van der Waals surface area contributed by atoms with Gasteiger partial charge < -0.3 is 15.8 Å². The zero-order valence-corrected chi connectivity index (χ0v) is 8.93. The number of anilines is 1. The van der Waals surface area contributed by atoms with Crippen LogP contribution < -0.4 is 11.1 Å². The molecular weight excluding hydrogens is 206 g/mol. The molecule has 0 spiro atoms. The number of carbonyl (C=O) groups is 1. The highest BCUT2D eigenvalue weighted by Gasteiger charge is 2.29. The Balaban J connectivity index is 1.90. The predicted octanol–water partition coefficient (Wildman–Crippen LogP) is 0.526. The van der Waals surface area contributed by atoms with E-state index in [0.717, 1.165) is 18.5 Å². The molecule has 16 heavy (non-hydrogen) atoms. The van der Waals surface area contributed by atoms with Crippen molar-refractivity contribution in [2.75, 3.05) is 11.9 Å². The van der Waals surface area contributed by atoms with Crippen LogP contribution in [-0.4, -0.2) is 29.6 Å². The van der Waals surface area contributed by atoms with E-state index >= 15 is 0 Å². The van der Waals surface area contributed by atoms with Crippen molar-refractivity contribution in [1.82, 2.24) is 4.98 Å². The number of amides is 1. The van der Waals surface area contributed by atoms with Crippen molar-refractivity contribution in [2.45, 2.75) is 25.0 Å². The van der Waals surface area contributed by atoms with Gasteiger partial charge in [0.1, 0.15) is 6.10 Å². The zero-order chi connectivity index (χ0) is 11.4. The number of ether oxygens (including phenoxy) is 1. The third kappa shape index (κ3) is 2.56. The van der Waals surface area contributed by atoms with E-state index in [1.165, 1.54) is 0 Å². The van der Waals surface area contributed by atoms with Gasteiger partial charge in [-0.3, -0.25) is 9.78 Å². The summed E-state index contributed by atoms with van der Waals surface area (Å²) in [5.74, 6) is -0.109. The van der Waals surface area contributed by atoms with Gasteiger partial charge in [0.25, 0.3) is 5.91 Å². The van der Waals surface area contributed by atoms with Crippen LogP contribution in [0, 0.1) is 0 Å². The summed E-state index contributed by atoms with van der Waals surface area (Å²) in [4.78, 5) is 15.7. The second kappa shape index (κ2) is 5.05. The minimum Gasteiger partial charge on any atom is -0.364 e. The van der Waals surface area contributed by atoms with Crippen LogP contribution in [0.2, 0.25) is 0 Å². The number of carbonyl (C=O) groups excluding carboxylic acids is 1. The van der Waals surface area contributed by atoms with Crippen LogP contribution >= 0.6 is 0 Å². The number of nitrogens with one attached hydrogen (secondary N) is 1. The van der Waals surface area contributed by atoms with E-state index in [9.17, 15) is 4.79 Å². The topological polar surface area (TPSA) is 77.2 Å². The normalized spacial score (nSPS) is 24.3. The van der Waals surface area contributed by atoms with Crippen molar-refractivity contribution < 1.29 is 9.53 Å². The zero-order valence-electron chi connectivity index (χ0n) is 8.93. The minimum absolute atomic E-state index is 0.0215. The van der Waals surface area contributed by atoms with E-state index in [-0.39, 0.29) is 18.1 Å². The lowest BCUT2D eigenvalue weighted by molar-refractivity contribution is -0.126. The average Bonchev–Trinajstić information content (AvgIpc) is 2.79. The van der Waals surface area contributed by atoms with Gasteiger partial charge >= 0.3 is 0 Å². The van der Waals surface area contributed by atoms with Crippen LogP contribution in [0.5, 0.6) is 0 Å². The molecule has 0 radical (unpaired) electrons. The third-order valence-electron chi connectivity index (χ3n) is 2.61. The average molecular weight is 221 g/mol. The molecule has 1 aromatic heterocycles. The fourth-order valence-corrected chi connectivity index (χ4v) is 1.73. The van der Waals surface area contributed by atoms with Crippen LogP contribution in [0.4, 0.5) is 5.69 Å². The molecule has 3 N–H and O–H groups in total. The monoisotopic (exact) mass is 221 g/mol. The van der Waals surface area contributed by atoms with Crippen molar-refractivity contribution in [3.8, 4) is 0 Å². The number of aromatic nitrogens is 1. The Kier molecular flexibility index (Phi) is 3.48. The largest absolute Gasteiger partial charge is 0.364 e. The molecule has 0 saturated carbocycles. The lowest BCUT2D eigenvalue weighted by Gasteiger charge is -2.12. The molecule has 1 amide bonds. The Hall–Kier alpha value is -1.46. The number of nitrogens with zero attached hydrogens (tertiary/aromatic N) is 1. The van der Waals surface area contributed by atoms with E-state index in [2.05, 4.69) is 10.3 Å². The minimum atomic E-state index is -0.373. The Labute approximate surface area is 94.0 Å². The molecule has 0 aromatic carbocycles. The molecule has 1 aromatic rings. The predicted molar refractivity (Wildman–Crippen MR) is 59.8 cm³/mol. The molecule has 2 atom stereocenters. The first-order chi connectivity index (χ1) is 7.79. The summed E-state index contributed by atoms with van der Waals surface area (Å²) in [5.41, 5.74) is 6.22. The van der Waals surface area contributed by atoms with Crippen molar-refractivity contribution in [3.63, 3.8) is 0 Å². The van der Waals surface area contributed by atoms with Gasteiger partial charge in [-0.1, -0.05) is 0 Å². The Bertz CT molecular complexity index is 356. The van der Waals surface area contributed by atoms with E-state index in [1.54, 1.807) is 24.5 Å². The van der Waals surface area contributed by atoms with Crippen molar-refractivity contribution in [1.29, 1.82) is 0 Å². The van der Waals surface area contributed by atoms with Gasteiger partial charge in [0.2, 0.25) is 0 Å². The lowest BCUT2D eigenvalue weighted by Crippen LogP contribution is -2.29. The maximum atomic E-state index is 11.8. The molecule has 1 aliphatic rings. The Morgan fingerprint density at radius 2 is 2.25 bits per heavy atom. The molecule has 0 aliphatic carbocycles. The number of pyridine rings is 1. The molecule has 5 heteroatoms. The highest BCUT2D eigenvalue weighted by atomic mass is 16.5. The SMILES string of the molecule is NC[C@H]1CC[C@@H](C(=O)Nc2ccncc2)O1. The van der Waals surface area contributed by atoms with Gasteiger partial charge in [-0.2, -0.15) is 0 Å². The van der Waals surface area contributed by atoms with Crippen LogP contribution in [0.1, 0.15) is 12.8 Å². The summed E-state index contributed by atoms with van der Waals surface area (Å²) in [6.45, 7) is 0.471. The third-order valence-corrected chi connectivity index (χ3v) is 2.61. The molecule has 0 bridgehead atoms. The smallest absolute Gasteiger partial charge is 0.253 e. The quantitative estimate of drug-likeness (QED) is 0.780. The summed E-state index contributed by atoms with van der Waals surface area (Å²) in [7, 11) is 0. The first kappa shape index (κ1) is 11.0. The standard InChI is InChI=1S/C11H15N3O2/c12-7-9-1-2-10(16-9)11(15)14-8-3-5-13-6-4-8/h3-6,9-10H,1-2,7,12H2,(H,13,14,15)/t9-,10+/m1/s1. The van der Waals surface area contributed by atoms with Gasteiger partial charge in [-0.25, -0.2) is 0 Å². The van der Waals surface area contributed by atoms with Gasteiger partial charge in [-0.05, 0) is 25.0 Å². The lowest BCUT2D eigenvalue weighted by atomic mass is 10.2. The van der Waals surface area contributed by atoms with Gasteiger partial charge in [0, 0.05) is 24.6 Å². The van der Waals surface area contributed by atoms with Crippen molar-refractivity contribution in [3.05, 3.63) is 24.5 Å². The summed E-state index contributed by atoms with van der Waals surface area (Å²) < 4.78 is 5.49.